The van der Waals surface area contributed by atoms with Crippen LogP contribution in [0.1, 0.15) is 38.4 Å². The van der Waals surface area contributed by atoms with E-state index in [1.807, 2.05) is 4.90 Å². The predicted octanol–water partition coefficient (Wildman–Crippen LogP) is 2.22. The van der Waals surface area contributed by atoms with Gasteiger partial charge in [0.05, 0.1) is 6.10 Å². The van der Waals surface area contributed by atoms with Gasteiger partial charge in [-0.2, -0.15) is 0 Å². The maximum atomic E-state index is 13.3. The molecule has 1 unspecified atom stereocenters. The van der Waals surface area contributed by atoms with Crippen LogP contribution >= 0.6 is 0 Å². The summed E-state index contributed by atoms with van der Waals surface area (Å²) in [5.74, 6) is 0.340. The van der Waals surface area contributed by atoms with Crippen molar-refractivity contribution in [3.63, 3.8) is 0 Å². The molecule has 1 atom stereocenters. The van der Waals surface area contributed by atoms with Crippen LogP contribution in [0.5, 0.6) is 0 Å². The lowest BCUT2D eigenvalue weighted by Gasteiger charge is -2.35. The van der Waals surface area contributed by atoms with Crippen LogP contribution in [-0.4, -0.2) is 62.7 Å². The Morgan fingerprint density at radius 3 is 2.86 bits per heavy atom. The Labute approximate surface area is 161 Å². The number of methoxy groups -OCH3 is 1. The van der Waals surface area contributed by atoms with Crippen molar-refractivity contribution in [3.8, 4) is 0 Å². The maximum absolute atomic E-state index is 13.3. The average molecular weight is 394 g/mol. The summed E-state index contributed by atoms with van der Waals surface area (Å²) in [6, 6.07) is 0.00197. The number of anilines is 1. The summed E-state index contributed by atoms with van der Waals surface area (Å²) in [5, 5.41) is 3.28. The lowest BCUT2D eigenvalue weighted by molar-refractivity contribution is -0.142. The fraction of sp³-hybridized carbons (Fsp3) is 0.667. The first-order valence-electron chi connectivity index (χ1n) is 9.59. The highest BCUT2D eigenvalue weighted by atomic mass is 19.3. The van der Waals surface area contributed by atoms with Crippen LogP contribution in [0.2, 0.25) is 0 Å². The second-order valence-corrected chi connectivity index (χ2v) is 7.35. The Kier molecular flexibility index (Phi) is 5.13. The number of amides is 1. The van der Waals surface area contributed by atoms with E-state index in [-0.39, 0.29) is 29.8 Å². The second kappa shape index (κ2) is 7.57. The molecule has 1 aliphatic heterocycles. The molecule has 1 amide bonds. The zero-order valence-electron chi connectivity index (χ0n) is 15.9. The van der Waals surface area contributed by atoms with Crippen LogP contribution in [0, 0.1) is 5.92 Å². The molecule has 28 heavy (non-hydrogen) atoms. The summed E-state index contributed by atoms with van der Waals surface area (Å²) in [5.41, 5.74) is 0.729. The Bertz CT molecular complexity index is 867. The molecule has 2 aromatic rings. The number of rotatable bonds is 6. The number of nitrogens with one attached hydrogen (secondary N) is 1. The van der Waals surface area contributed by atoms with Crippen molar-refractivity contribution < 1.29 is 18.3 Å². The van der Waals surface area contributed by atoms with Crippen molar-refractivity contribution in [1.82, 2.24) is 24.4 Å². The highest BCUT2D eigenvalue weighted by Crippen LogP contribution is 2.33. The Morgan fingerprint density at radius 2 is 2.18 bits per heavy atom. The van der Waals surface area contributed by atoms with Crippen molar-refractivity contribution in [1.29, 1.82) is 0 Å². The number of aromatic nitrogens is 4. The zero-order valence-corrected chi connectivity index (χ0v) is 15.9. The molecular formula is C18H24F2N6O2. The molecule has 152 valence electrons. The van der Waals surface area contributed by atoms with E-state index in [0.29, 0.717) is 36.6 Å². The number of hydrogen-bond acceptors (Lipinski definition) is 6. The lowest BCUT2D eigenvalue weighted by Crippen LogP contribution is -2.44. The fourth-order valence-electron chi connectivity index (χ4n) is 4.03. The third-order valence-electron chi connectivity index (χ3n) is 5.69. The Balaban J connectivity index is 1.46. The van der Waals surface area contributed by atoms with E-state index in [1.165, 1.54) is 10.9 Å². The molecule has 10 heteroatoms. The molecule has 2 aromatic heterocycles. The van der Waals surface area contributed by atoms with Gasteiger partial charge in [-0.1, -0.05) is 0 Å². The minimum Gasteiger partial charge on any atom is -0.381 e. The average Bonchev–Trinajstić information content (AvgIpc) is 3.25. The number of fused-ring (bicyclic) bond motifs is 1. The molecule has 1 saturated carbocycles. The van der Waals surface area contributed by atoms with Crippen molar-refractivity contribution >= 4 is 22.9 Å². The van der Waals surface area contributed by atoms with E-state index in [1.54, 1.807) is 14.0 Å². The second-order valence-electron chi connectivity index (χ2n) is 7.35. The summed E-state index contributed by atoms with van der Waals surface area (Å²) in [6.07, 6.45) is 1.19. The van der Waals surface area contributed by atoms with Crippen LogP contribution in [-0.2, 0) is 16.1 Å². The number of likely N-dealkylation sites (tertiary alicyclic amines) is 1. The van der Waals surface area contributed by atoms with Crippen LogP contribution in [0.4, 0.5) is 14.6 Å². The summed E-state index contributed by atoms with van der Waals surface area (Å²) in [4.78, 5) is 26.9. The number of hydrogen-bond donors (Lipinski definition) is 1. The third-order valence-corrected chi connectivity index (χ3v) is 5.69. The maximum Gasteiger partial charge on any atom is 0.295 e. The van der Waals surface area contributed by atoms with Gasteiger partial charge in [-0.15, -0.1) is 0 Å². The molecule has 1 N–H and O–H groups in total. The molecule has 3 heterocycles. The quantitative estimate of drug-likeness (QED) is 0.809. The monoisotopic (exact) mass is 394 g/mol. The molecule has 2 fully saturated rings. The van der Waals surface area contributed by atoms with Gasteiger partial charge in [-0.3, -0.25) is 4.79 Å². The molecule has 8 nitrogen and oxygen atoms in total. The number of carbonyl (C=O) groups excluding carboxylic acids is 1. The minimum absolute atomic E-state index is 0.00197. The first-order chi connectivity index (χ1) is 13.5. The number of carbonyl (C=O) groups is 1. The Hall–Kier alpha value is -2.36. The number of aryl methyl sites for hydroxylation is 1. The molecule has 2 aliphatic rings. The van der Waals surface area contributed by atoms with Gasteiger partial charge in [-0.25, -0.2) is 23.7 Å². The minimum atomic E-state index is -2.68. The molecule has 0 spiro atoms. The van der Waals surface area contributed by atoms with Gasteiger partial charge in [0.25, 0.3) is 6.43 Å². The summed E-state index contributed by atoms with van der Waals surface area (Å²) in [6.45, 7) is 3.36. The molecular weight excluding hydrogens is 370 g/mol. The van der Waals surface area contributed by atoms with Gasteiger partial charge < -0.3 is 19.5 Å². The van der Waals surface area contributed by atoms with Gasteiger partial charge >= 0.3 is 0 Å². The van der Waals surface area contributed by atoms with E-state index in [0.717, 1.165) is 19.3 Å². The van der Waals surface area contributed by atoms with E-state index in [2.05, 4.69) is 20.3 Å². The molecule has 1 saturated heterocycles. The highest BCUT2D eigenvalue weighted by Gasteiger charge is 2.39. The van der Waals surface area contributed by atoms with Crippen LogP contribution in [0.3, 0.4) is 0 Å². The summed E-state index contributed by atoms with van der Waals surface area (Å²) >= 11 is 0. The topological polar surface area (TPSA) is 85.2 Å². The number of alkyl halides is 2. The van der Waals surface area contributed by atoms with Gasteiger partial charge in [0, 0.05) is 38.7 Å². The van der Waals surface area contributed by atoms with Crippen molar-refractivity contribution in [3.05, 3.63) is 12.2 Å². The largest absolute Gasteiger partial charge is 0.381 e. The van der Waals surface area contributed by atoms with Crippen LogP contribution < -0.4 is 5.32 Å². The van der Waals surface area contributed by atoms with Crippen LogP contribution in [0.25, 0.3) is 11.2 Å². The number of halogens is 2. The first kappa shape index (κ1) is 19.0. The normalized spacial score (nSPS) is 24.8. The summed E-state index contributed by atoms with van der Waals surface area (Å²) < 4.78 is 33.2. The van der Waals surface area contributed by atoms with E-state index in [9.17, 15) is 13.6 Å². The van der Waals surface area contributed by atoms with Gasteiger partial charge in [-0.05, 0) is 26.2 Å². The number of imidazole rings is 1. The SMILES string of the molecule is CCn1c(C(F)F)nc2c(NC3CCN(C(=O)C4CC(OC)C4)C3)ncnc21. The lowest BCUT2D eigenvalue weighted by atomic mass is 9.81. The Morgan fingerprint density at radius 1 is 1.39 bits per heavy atom. The van der Waals surface area contributed by atoms with Crippen molar-refractivity contribution in [2.24, 2.45) is 5.92 Å². The summed E-state index contributed by atoms with van der Waals surface area (Å²) in [7, 11) is 1.67. The van der Waals surface area contributed by atoms with Crippen molar-refractivity contribution in [2.75, 3.05) is 25.5 Å². The first-order valence-corrected chi connectivity index (χ1v) is 9.59. The standard InChI is InChI=1S/C18H24F2N6O2/c1-3-26-16-13(24-17(26)14(19)20)15(21-9-22-16)23-11-4-5-25(8-11)18(27)10-6-12(7-10)28-2/h9-12,14H,3-8H2,1-2H3,(H,21,22,23). The smallest absolute Gasteiger partial charge is 0.295 e. The fourth-order valence-corrected chi connectivity index (χ4v) is 4.03. The number of ether oxygens (including phenoxy) is 1. The molecule has 0 aromatic carbocycles. The highest BCUT2D eigenvalue weighted by molar-refractivity contribution is 5.84. The molecule has 0 bridgehead atoms. The van der Waals surface area contributed by atoms with E-state index < -0.39 is 6.43 Å². The number of nitrogens with zero attached hydrogens (tertiary/aromatic N) is 5. The van der Waals surface area contributed by atoms with Gasteiger partial charge in [0.15, 0.2) is 22.8 Å². The van der Waals surface area contributed by atoms with E-state index in [4.69, 9.17) is 4.74 Å². The van der Waals surface area contributed by atoms with Gasteiger partial charge in [0.2, 0.25) is 5.91 Å². The zero-order chi connectivity index (χ0) is 19.8. The predicted molar refractivity (Wildman–Crippen MR) is 98.1 cm³/mol. The van der Waals surface area contributed by atoms with E-state index >= 15 is 0 Å². The third kappa shape index (κ3) is 3.30. The molecule has 4 rings (SSSR count). The van der Waals surface area contributed by atoms with Crippen molar-refractivity contribution in [2.45, 2.75) is 51.3 Å². The van der Waals surface area contributed by atoms with Crippen LogP contribution in [0.15, 0.2) is 6.33 Å². The van der Waals surface area contributed by atoms with Gasteiger partial charge in [0.1, 0.15) is 6.33 Å². The molecule has 0 radical (unpaired) electrons. The molecule has 1 aliphatic carbocycles.